The highest BCUT2D eigenvalue weighted by Crippen LogP contribution is 2.39. The SMILES string of the molecule is CCc1ccc(-c2nc(SCC(=O)N[C@@](C)(C#N)C3CC3)n[nH]2)cc1. The third kappa shape index (κ3) is 4.20. The number of carbonyl (C=O) groups is 1. The van der Waals surface area contributed by atoms with Crippen molar-refractivity contribution in [3.05, 3.63) is 29.8 Å². The highest BCUT2D eigenvalue weighted by atomic mass is 32.2. The van der Waals surface area contributed by atoms with Crippen molar-refractivity contribution in [2.45, 2.75) is 43.8 Å². The van der Waals surface area contributed by atoms with Crippen LogP contribution in [0.25, 0.3) is 11.4 Å². The number of nitriles is 1. The van der Waals surface area contributed by atoms with E-state index in [0.717, 1.165) is 24.8 Å². The lowest BCUT2D eigenvalue weighted by Crippen LogP contribution is -2.47. The van der Waals surface area contributed by atoms with E-state index >= 15 is 0 Å². The van der Waals surface area contributed by atoms with E-state index in [9.17, 15) is 10.1 Å². The van der Waals surface area contributed by atoms with E-state index in [1.54, 1.807) is 6.92 Å². The summed E-state index contributed by atoms with van der Waals surface area (Å²) in [7, 11) is 0. The topological polar surface area (TPSA) is 94.5 Å². The first kappa shape index (κ1) is 17.5. The van der Waals surface area contributed by atoms with Gasteiger partial charge in [-0.3, -0.25) is 9.89 Å². The van der Waals surface area contributed by atoms with Gasteiger partial charge in [0.2, 0.25) is 11.1 Å². The Morgan fingerprint density at radius 3 is 2.76 bits per heavy atom. The van der Waals surface area contributed by atoms with Gasteiger partial charge in [0.05, 0.1) is 11.8 Å². The van der Waals surface area contributed by atoms with Crippen LogP contribution >= 0.6 is 11.8 Å². The zero-order valence-electron chi connectivity index (χ0n) is 14.4. The summed E-state index contributed by atoms with van der Waals surface area (Å²) in [5.41, 5.74) is 1.47. The molecular formula is C18H21N5OS. The summed E-state index contributed by atoms with van der Waals surface area (Å²) in [6.07, 6.45) is 2.99. The molecule has 0 aliphatic heterocycles. The Balaban J connectivity index is 1.56. The lowest BCUT2D eigenvalue weighted by Gasteiger charge is -2.22. The van der Waals surface area contributed by atoms with Crippen LogP contribution in [0.5, 0.6) is 0 Å². The number of aromatic nitrogens is 3. The number of rotatable bonds is 7. The number of H-pyrrole nitrogens is 1. The van der Waals surface area contributed by atoms with Crippen LogP contribution in [0.2, 0.25) is 0 Å². The van der Waals surface area contributed by atoms with E-state index < -0.39 is 5.54 Å². The maximum Gasteiger partial charge on any atom is 0.231 e. The van der Waals surface area contributed by atoms with Gasteiger partial charge in [-0.1, -0.05) is 43.0 Å². The molecule has 1 atom stereocenters. The molecule has 1 saturated carbocycles. The fourth-order valence-electron chi connectivity index (χ4n) is 2.68. The minimum atomic E-state index is -0.761. The van der Waals surface area contributed by atoms with E-state index in [-0.39, 0.29) is 17.6 Å². The summed E-state index contributed by atoms with van der Waals surface area (Å²) < 4.78 is 0. The van der Waals surface area contributed by atoms with Crippen LogP contribution < -0.4 is 5.32 Å². The van der Waals surface area contributed by atoms with Crippen LogP contribution in [0.4, 0.5) is 0 Å². The molecule has 2 N–H and O–H groups in total. The maximum absolute atomic E-state index is 12.1. The van der Waals surface area contributed by atoms with Crippen LogP contribution in [-0.2, 0) is 11.2 Å². The molecule has 0 unspecified atom stereocenters. The predicted octanol–water partition coefficient (Wildman–Crippen LogP) is 2.93. The van der Waals surface area contributed by atoms with Crippen molar-refractivity contribution >= 4 is 17.7 Å². The summed E-state index contributed by atoms with van der Waals surface area (Å²) >= 11 is 1.26. The van der Waals surface area contributed by atoms with E-state index in [0.29, 0.717) is 11.0 Å². The molecule has 1 aromatic carbocycles. The number of aryl methyl sites for hydroxylation is 1. The van der Waals surface area contributed by atoms with Crippen LogP contribution in [0.15, 0.2) is 29.4 Å². The monoisotopic (exact) mass is 355 g/mol. The smallest absolute Gasteiger partial charge is 0.231 e. The van der Waals surface area contributed by atoms with Crippen molar-refractivity contribution in [3.8, 4) is 17.5 Å². The van der Waals surface area contributed by atoms with E-state index in [2.05, 4.69) is 45.6 Å². The van der Waals surface area contributed by atoms with Gasteiger partial charge in [0.1, 0.15) is 5.54 Å². The first-order chi connectivity index (χ1) is 12.0. The summed E-state index contributed by atoms with van der Waals surface area (Å²) in [4.78, 5) is 16.5. The quantitative estimate of drug-likeness (QED) is 0.745. The number of benzene rings is 1. The molecule has 3 rings (SSSR count). The Bertz CT molecular complexity index is 791. The molecule has 1 aromatic heterocycles. The summed E-state index contributed by atoms with van der Waals surface area (Å²) in [6.45, 7) is 3.90. The summed E-state index contributed by atoms with van der Waals surface area (Å²) in [5, 5.41) is 19.7. The molecule has 1 aliphatic carbocycles. The molecular weight excluding hydrogens is 334 g/mol. The van der Waals surface area contributed by atoms with Gasteiger partial charge in [-0.2, -0.15) is 5.26 Å². The number of nitrogens with zero attached hydrogens (tertiary/aromatic N) is 3. The second-order valence-corrected chi connectivity index (χ2v) is 7.38. The second kappa shape index (κ2) is 7.28. The van der Waals surface area contributed by atoms with Gasteiger partial charge in [-0.25, -0.2) is 4.98 Å². The highest BCUT2D eigenvalue weighted by molar-refractivity contribution is 7.99. The molecule has 25 heavy (non-hydrogen) atoms. The Hall–Kier alpha value is -2.33. The van der Waals surface area contributed by atoms with Gasteiger partial charge >= 0.3 is 0 Å². The molecule has 0 saturated heterocycles. The van der Waals surface area contributed by atoms with Crippen molar-refractivity contribution in [1.29, 1.82) is 5.26 Å². The molecule has 2 aromatic rings. The van der Waals surface area contributed by atoms with Gasteiger partial charge < -0.3 is 5.32 Å². The lowest BCUT2D eigenvalue weighted by molar-refractivity contribution is -0.119. The second-order valence-electron chi connectivity index (χ2n) is 6.44. The number of aromatic amines is 1. The first-order valence-corrected chi connectivity index (χ1v) is 9.39. The number of thioether (sulfide) groups is 1. The van der Waals surface area contributed by atoms with E-state index in [1.807, 2.05) is 12.1 Å². The Kier molecular flexibility index (Phi) is 5.09. The zero-order chi connectivity index (χ0) is 17.9. The Morgan fingerprint density at radius 2 is 2.16 bits per heavy atom. The third-order valence-electron chi connectivity index (χ3n) is 4.46. The highest BCUT2D eigenvalue weighted by Gasteiger charge is 2.42. The van der Waals surface area contributed by atoms with Gasteiger partial charge in [0.25, 0.3) is 0 Å². The number of amides is 1. The largest absolute Gasteiger partial charge is 0.337 e. The van der Waals surface area contributed by atoms with Gasteiger partial charge in [0, 0.05) is 5.56 Å². The maximum atomic E-state index is 12.1. The minimum Gasteiger partial charge on any atom is -0.337 e. The van der Waals surface area contributed by atoms with Crippen molar-refractivity contribution < 1.29 is 4.79 Å². The number of hydrogen-bond donors (Lipinski definition) is 2. The van der Waals surface area contributed by atoms with Crippen LogP contribution in [0.3, 0.4) is 0 Å². The lowest BCUT2D eigenvalue weighted by atomic mass is 9.98. The van der Waals surface area contributed by atoms with Crippen molar-refractivity contribution in [1.82, 2.24) is 20.5 Å². The molecule has 6 nitrogen and oxygen atoms in total. The van der Waals surface area contributed by atoms with Crippen molar-refractivity contribution in [2.75, 3.05) is 5.75 Å². The summed E-state index contributed by atoms with van der Waals surface area (Å²) in [5.74, 6) is 0.980. The van der Waals surface area contributed by atoms with Crippen molar-refractivity contribution in [2.24, 2.45) is 5.92 Å². The van der Waals surface area contributed by atoms with Crippen LogP contribution in [0, 0.1) is 17.2 Å². The molecule has 0 radical (unpaired) electrons. The molecule has 1 aliphatic rings. The molecule has 1 heterocycles. The molecule has 1 fully saturated rings. The van der Waals surface area contributed by atoms with Gasteiger partial charge in [-0.05, 0) is 37.7 Å². The van der Waals surface area contributed by atoms with Gasteiger partial charge in [0.15, 0.2) is 5.82 Å². The fourth-order valence-corrected chi connectivity index (χ4v) is 3.27. The third-order valence-corrected chi connectivity index (χ3v) is 5.31. The standard InChI is InChI=1S/C18H21N5OS/c1-3-12-4-6-13(7-5-12)16-20-17(23-22-16)25-10-15(24)21-18(2,11-19)14-8-9-14/h4-7,14H,3,8-10H2,1-2H3,(H,21,24)(H,20,22,23)/t18-/m0/s1. The van der Waals surface area contributed by atoms with Crippen LogP contribution in [-0.4, -0.2) is 32.4 Å². The number of nitrogens with one attached hydrogen (secondary N) is 2. The Morgan fingerprint density at radius 1 is 1.44 bits per heavy atom. The van der Waals surface area contributed by atoms with Gasteiger partial charge in [-0.15, -0.1) is 5.10 Å². The van der Waals surface area contributed by atoms with E-state index in [1.165, 1.54) is 17.3 Å². The van der Waals surface area contributed by atoms with Crippen LogP contribution in [0.1, 0.15) is 32.3 Å². The molecule has 0 spiro atoms. The fraction of sp³-hybridized carbons (Fsp3) is 0.444. The summed E-state index contributed by atoms with van der Waals surface area (Å²) in [6, 6.07) is 10.4. The predicted molar refractivity (Wildman–Crippen MR) is 96.8 cm³/mol. The molecule has 0 bridgehead atoms. The minimum absolute atomic E-state index is 0.167. The number of carbonyl (C=O) groups excluding carboxylic acids is 1. The molecule has 130 valence electrons. The Labute approximate surface area is 151 Å². The first-order valence-electron chi connectivity index (χ1n) is 8.41. The average Bonchev–Trinajstić information content (AvgIpc) is 3.39. The average molecular weight is 355 g/mol. The molecule has 1 amide bonds. The van der Waals surface area contributed by atoms with E-state index in [4.69, 9.17) is 0 Å². The van der Waals surface area contributed by atoms with Crippen molar-refractivity contribution in [3.63, 3.8) is 0 Å². The normalized spacial score (nSPS) is 16.0. The zero-order valence-corrected chi connectivity index (χ0v) is 15.2. The number of hydrogen-bond acceptors (Lipinski definition) is 5. The molecule has 7 heteroatoms.